The maximum absolute atomic E-state index is 5.69. The summed E-state index contributed by atoms with van der Waals surface area (Å²) in [7, 11) is 0. The van der Waals surface area contributed by atoms with Gasteiger partial charge in [-0.2, -0.15) is 5.10 Å². The molecule has 0 amide bonds. The number of ether oxygens (including phenoxy) is 2. The van der Waals surface area contributed by atoms with Gasteiger partial charge in [0.15, 0.2) is 5.79 Å². The number of aromatic nitrogens is 2. The molecule has 92 valence electrons. The summed E-state index contributed by atoms with van der Waals surface area (Å²) < 4.78 is 12.0. The van der Waals surface area contributed by atoms with Crippen molar-refractivity contribution in [2.75, 3.05) is 31.2 Å². The Morgan fingerprint density at radius 3 is 2.53 bits per heavy atom. The molecule has 2 aliphatic heterocycles. The number of piperidine rings is 1. The molecule has 2 saturated heterocycles. The monoisotopic (exact) mass is 253 g/mol. The van der Waals surface area contributed by atoms with E-state index in [-0.39, 0.29) is 5.79 Å². The van der Waals surface area contributed by atoms with Gasteiger partial charge < -0.3 is 14.4 Å². The first-order chi connectivity index (χ1) is 8.27. The summed E-state index contributed by atoms with van der Waals surface area (Å²) in [5.41, 5.74) is 0. The molecule has 0 unspecified atom stereocenters. The van der Waals surface area contributed by atoms with E-state index in [1.165, 1.54) is 0 Å². The first-order valence-electron chi connectivity index (χ1n) is 5.86. The smallest absolute Gasteiger partial charge is 0.171 e. The molecule has 1 aromatic rings. The molecular formula is C11H15N3O2S. The Morgan fingerprint density at radius 1 is 1.24 bits per heavy atom. The summed E-state index contributed by atoms with van der Waals surface area (Å²) in [6.45, 7) is 3.24. The molecule has 3 heterocycles. The van der Waals surface area contributed by atoms with Gasteiger partial charge in [-0.05, 0) is 12.1 Å². The van der Waals surface area contributed by atoms with E-state index < -0.39 is 0 Å². The van der Waals surface area contributed by atoms with Crippen LogP contribution in [0, 0.1) is 4.64 Å². The molecule has 0 aliphatic carbocycles. The standard InChI is InChI=1S/C11H15N3O2S/c17-10-2-1-9(12-13-10)14-5-3-11(4-6-14)15-7-8-16-11/h1-2H,3-8H2,(H,13,17). The van der Waals surface area contributed by atoms with Crippen molar-refractivity contribution < 1.29 is 9.47 Å². The average Bonchev–Trinajstić information content (AvgIpc) is 2.80. The Balaban J connectivity index is 1.68. The molecule has 1 aromatic heterocycles. The van der Waals surface area contributed by atoms with Gasteiger partial charge in [0.1, 0.15) is 10.5 Å². The highest BCUT2D eigenvalue weighted by Crippen LogP contribution is 2.32. The fraction of sp³-hybridized carbons (Fsp3) is 0.636. The largest absolute Gasteiger partial charge is 0.355 e. The maximum atomic E-state index is 5.69. The summed E-state index contributed by atoms with van der Waals surface area (Å²) in [5, 5.41) is 7.05. The lowest BCUT2D eigenvalue weighted by Crippen LogP contribution is -2.45. The Labute approximate surface area is 105 Å². The van der Waals surface area contributed by atoms with Crippen LogP contribution in [0.15, 0.2) is 12.1 Å². The van der Waals surface area contributed by atoms with Crippen molar-refractivity contribution in [2.45, 2.75) is 18.6 Å². The van der Waals surface area contributed by atoms with Crippen molar-refractivity contribution in [1.82, 2.24) is 10.2 Å². The van der Waals surface area contributed by atoms with Crippen LogP contribution in [0.3, 0.4) is 0 Å². The van der Waals surface area contributed by atoms with Crippen molar-refractivity contribution in [1.29, 1.82) is 0 Å². The Morgan fingerprint density at radius 2 is 1.94 bits per heavy atom. The fourth-order valence-corrected chi connectivity index (χ4v) is 2.49. The first-order valence-corrected chi connectivity index (χ1v) is 6.27. The minimum atomic E-state index is -0.321. The van der Waals surface area contributed by atoms with Crippen LogP contribution in [-0.4, -0.2) is 42.3 Å². The summed E-state index contributed by atoms with van der Waals surface area (Å²) in [6, 6.07) is 3.82. The van der Waals surface area contributed by atoms with E-state index in [1.54, 1.807) is 0 Å². The molecule has 2 aliphatic rings. The molecule has 5 nitrogen and oxygen atoms in total. The molecule has 0 aromatic carbocycles. The number of hydrogen-bond donors (Lipinski definition) is 1. The number of aromatic amines is 1. The topological polar surface area (TPSA) is 50.4 Å². The highest BCUT2D eigenvalue weighted by atomic mass is 32.1. The number of hydrogen-bond acceptors (Lipinski definition) is 5. The van der Waals surface area contributed by atoms with Crippen LogP contribution in [0.1, 0.15) is 12.8 Å². The molecule has 0 atom stereocenters. The minimum absolute atomic E-state index is 0.321. The molecule has 17 heavy (non-hydrogen) atoms. The summed E-state index contributed by atoms with van der Waals surface area (Å²) in [5.74, 6) is 0.615. The third-order valence-electron chi connectivity index (χ3n) is 3.33. The molecule has 1 spiro atoms. The number of anilines is 1. The van der Waals surface area contributed by atoms with Crippen LogP contribution < -0.4 is 4.90 Å². The van der Waals surface area contributed by atoms with Gasteiger partial charge in [-0.1, -0.05) is 12.2 Å². The van der Waals surface area contributed by atoms with E-state index in [9.17, 15) is 0 Å². The average molecular weight is 253 g/mol. The SMILES string of the molecule is S=c1ccc(N2CCC3(CC2)OCCO3)n[nH]1. The van der Waals surface area contributed by atoms with Crippen LogP contribution in [0.25, 0.3) is 0 Å². The molecule has 2 fully saturated rings. The predicted octanol–water partition coefficient (Wildman–Crippen LogP) is 1.48. The lowest BCUT2D eigenvalue weighted by Gasteiger charge is -2.37. The number of H-pyrrole nitrogens is 1. The molecule has 0 bridgehead atoms. The predicted molar refractivity (Wildman–Crippen MR) is 65.5 cm³/mol. The van der Waals surface area contributed by atoms with E-state index >= 15 is 0 Å². The van der Waals surface area contributed by atoms with Gasteiger partial charge in [0.25, 0.3) is 0 Å². The van der Waals surface area contributed by atoms with Gasteiger partial charge >= 0.3 is 0 Å². The summed E-state index contributed by atoms with van der Waals surface area (Å²) >= 11 is 4.98. The second-order valence-electron chi connectivity index (χ2n) is 4.37. The molecule has 6 heteroatoms. The van der Waals surface area contributed by atoms with Crippen LogP contribution in [-0.2, 0) is 9.47 Å². The quantitative estimate of drug-likeness (QED) is 0.768. The van der Waals surface area contributed by atoms with Gasteiger partial charge in [-0.15, -0.1) is 0 Å². The van der Waals surface area contributed by atoms with Crippen molar-refractivity contribution >= 4 is 18.0 Å². The highest BCUT2D eigenvalue weighted by molar-refractivity contribution is 7.71. The Kier molecular flexibility index (Phi) is 2.85. The van der Waals surface area contributed by atoms with Crippen molar-refractivity contribution in [3.8, 4) is 0 Å². The second kappa shape index (κ2) is 4.36. The Hall–Kier alpha value is -0.980. The third kappa shape index (κ3) is 2.20. The van der Waals surface area contributed by atoms with Crippen LogP contribution in [0.5, 0.6) is 0 Å². The van der Waals surface area contributed by atoms with Gasteiger partial charge in [-0.25, -0.2) is 0 Å². The van der Waals surface area contributed by atoms with Crippen LogP contribution >= 0.6 is 12.2 Å². The lowest BCUT2D eigenvalue weighted by molar-refractivity contribution is -0.169. The third-order valence-corrected chi connectivity index (χ3v) is 3.55. The minimum Gasteiger partial charge on any atom is -0.355 e. The zero-order chi connectivity index (χ0) is 11.7. The van der Waals surface area contributed by atoms with E-state index in [4.69, 9.17) is 21.7 Å². The van der Waals surface area contributed by atoms with Crippen molar-refractivity contribution in [3.05, 3.63) is 16.8 Å². The molecule has 1 N–H and O–H groups in total. The maximum Gasteiger partial charge on any atom is 0.171 e. The number of nitrogens with zero attached hydrogens (tertiary/aromatic N) is 2. The highest BCUT2D eigenvalue weighted by Gasteiger charge is 2.39. The van der Waals surface area contributed by atoms with E-state index in [2.05, 4.69) is 15.1 Å². The molecular weight excluding hydrogens is 238 g/mol. The Bertz CT molecular complexity index is 426. The van der Waals surface area contributed by atoms with E-state index in [0.717, 1.165) is 45.0 Å². The van der Waals surface area contributed by atoms with Gasteiger partial charge in [0.2, 0.25) is 0 Å². The fourth-order valence-electron chi connectivity index (χ4n) is 2.38. The van der Waals surface area contributed by atoms with Crippen LogP contribution in [0.4, 0.5) is 5.82 Å². The molecule has 0 radical (unpaired) electrons. The zero-order valence-electron chi connectivity index (χ0n) is 9.52. The molecule has 3 rings (SSSR count). The summed E-state index contributed by atoms with van der Waals surface area (Å²) in [4.78, 5) is 2.22. The zero-order valence-corrected chi connectivity index (χ0v) is 10.3. The van der Waals surface area contributed by atoms with Crippen molar-refractivity contribution in [3.63, 3.8) is 0 Å². The van der Waals surface area contributed by atoms with Gasteiger partial charge in [0, 0.05) is 25.9 Å². The normalized spacial score (nSPS) is 23.2. The second-order valence-corrected chi connectivity index (χ2v) is 4.81. The van der Waals surface area contributed by atoms with E-state index in [1.807, 2.05) is 12.1 Å². The van der Waals surface area contributed by atoms with Crippen LogP contribution in [0.2, 0.25) is 0 Å². The van der Waals surface area contributed by atoms with E-state index in [0.29, 0.717) is 4.64 Å². The first kappa shape index (κ1) is 11.1. The molecule has 0 saturated carbocycles. The number of rotatable bonds is 1. The van der Waals surface area contributed by atoms with Gasteiger partial charge in [-0.3, -0.25) is 5.10 Å². The number of nitrogens with one attached hydrogen (secondary N) is 1. The lowest BCUT2D eigenvalue weighted by atomic mass is 10.0. The van der Waals surface area contributed by atoms with Crippen molar-refractivity contribution in [2.24, 2.45) is 0 Å². The van der Waals surface area contributed by atoms with Gasteiger partial charge in [0.05, 0.1) is 13.2 Å². The summed E-state index contributed by atoms with van der Waals surface area (Å²) in [6.07, 6.45) is 1.79.